The summed E-state index contributed by atoms with van der Waals surface area (Å²) in [5.41, 5.74) is -0.277. The van der Waals surface area contributed by atoms with Crippen LogP contribution in [0.5, 0.6) is 0 Å². The number of anilines is 1. The molecule has 1 aromatic heterocycles. The molecular weight excluding hydrogens is 241 g/mol. The van der Waals surface area contributed by atoms with Gasteiger partial charge in [-0.05, 0) is 49.1 Å². The number of alkyl halides is 3. The lowest BCUT2D eigenvalue weighted by Gasteiger charge is -2.15. The quantitative estimate of drug-likeness (QED) is 0.888. The van der Waals surface area contributed by atoms with Crippen molar-refractivity contribution in [1.29, 1.82) is 0 Å². The maximum atomic E-state index is 12.4. The molecule has 2 fully saturated rings. The number of nitrogens with zero attached hydrogens (tertiary/aromatic N) is 1. The maximum Gasteiger partial charge on any atom is 0.417 e. The molecule has 2 nitrogen and oxygen atoms in total. The molecule has 1 aromatic rings. The first-order valence-corrected chi connectivity index (χ1v) is 6.27. The number of aromatic nitrogens is 1. The van der Waals surface area contributed by atoms with Crippen molar-refractivity contribution in [2.24, 2.45) is 11.3 Å². The van der Waals surface area contributed by atoms with Crippen LogP contribution in [-0.2, 0) is 6.18 Å². The number of pyridine rings is 1. The van der Waals surface area contributed by atoms with Gasteiger partial charge < -0.3 is 5.32 Å². The molecule has 18 heavy (non-hydrogen) atoms. The van der Waals surface area contributed by atoms with Crippen molar-refractivity contribution < 1.29 is 13.2 Å². The Hall–Kier alpha value is -1.26. The molecule has 0 radical (unpaired) electrons. The third-order valence-corrected chi connectivity index (χ3v) is 4.05. The van der Waals surface area contributed by atoms with Crippen LogP contribution in [0, 0.1) is 11.3 Å². The fraction of sp³-hybridized carbons (Fsp3) is 0.615. The van der Waals surface area contributed by atoms with Gasteiger partial charge in [-0.3, -0.25) is 0 Å². The van der Waals surface area contributed by atoms with Crippen LogP contribution in [0.3, 0.4) is 0 Å². The first kappa shape index (κ1) is 11.8. The normalized spacial score (nSPS) is 21.7. The summed E-state index contributed by atoms with van der Waals surface area (Å²) in [7, 11) is 0. The number of halogens is 3. The SMILES string of the molecule is FC(F)(F)c1ccc(NCC2(C3CC3)CC2)nc1. The maximum absolute atomic E-state index is 12.4. The number of hydrogen-bond acceptors (Lipinski definition) is 2. The summed E-state index contributed by atoms with van der Waals surface area (Å²) in [4.78, 5) is 3.82. The highest BCUT2D eigenvalue weighted by Crippen LogP contribution is 2.61. The lowest BCUT2D eigenvalue weighted by molar-refractivity contribution is -0.137. The lowest BCUT2D eigenvalue weighted by Crippen LogP contribution is -2.18. The van der Waals surface area contributed by atoms with Gasteiger partial charge in [0, 0.05) is 12.7 Å². The predicted octanol–water partition coefficient (Wildman–Crippen LogP) is 3.70. The van der Waals surface area contributed by atoms with Gasteiger partial charge in [-0.25, -0.2) is 4.98 Å². The summed E-state index contributed by atoms with van der Waals surface area (Å²) in [6.45, 7) is 0.843. The zero-order valence-corrected chi connectivity index (χ0v) is 9.93. The van der Waals surface area contributed by atoms with Crippen LogP contribution >= 0.6 is 0 Å². The minimum Gasteiger partial charge on any atom is -0.370 e. The van der Waals surface area contributed by atoms with E-state index < -0.39 is 11.7 Å². The molecule has 98 valence electrons. The van der Waals surface area contributed by atoms with Crippen LogP contribution in [0.4, 0.5) is 19.0 Å². The van der Waals surface area contributed by atoms with Crippen molar-refractivity contribution in [2.75, 3.05) is 11.9 Å². The molecule has 2 saturated carbocycles. The van der Waals surface area contributed by atoms with Gasteiger partial charge in [-0.1, -0.05) is 0 Å². The van der Waals surface area contributed by atoms with Gasteiger partial charge in [0.1, 0.15) is 5.82 Å². The van der Waals surface area contributed by atoms with Crippen LogP contribution in [0.2, 0.25) is 0 Å². The summed E-state index contributed by atoms with van der Waals surface area (Å²) in [5, 5.41) is 3.17. The topological polar surface area (TPSA) is 24.9 Å². The summed E-state index contributed by atoms with van der Waals surface area (Å²) in [6, 6.07) is 2.48. The van der Waals surface area contributed by atoms with Gasteiger partial charge in [0.2, 0.25) is 0 Å². The molecule has 0 bridgehead atoms. The van der Waals surface area contributed by atoms with Gasteiger partial charge in [-0.2, -0.15) is 13.2 Å². The highest BCUT2D eigenvalue weighted by molar-refractivity contribution is 5.37. The average molecular weight is 256 g/mol. The average Bonchev–Trinajstić information content (AvgIpc) is 3.17. The van der Waals surface area contributed by atoms with E-state index in [1.54, 1.807) is 0 Å². The van der Waals surface area contributed by atoms with Crippen LogP contribution in [-0.4, -0.2) is 11.5 Å². The Morgan fingerprint density at radius 2 is 2.00 bits per heavy atom. The van der Waals surface area contributed by atoms with Crippen LogP contribution in [0.1, 0.15) is 31.2 Å². The van der Waals surface area contributed by atoms with E-state index >= 15 is 0 Å². The summed E-state index contributed by atoms with van der Waals surface area (Å²) < 4.78 is 37.1. The molecular formula is C13H15F3N2. The Morgan fingerprint density at radius 3 is 2.44 bits per heavy atom. The highest BCUT2D eigenvalue weighted by atomic mass is 19.4. The minimum atomic E-state index is -4.31. The summed E-state index contributed by atoms with van der Waals surface area (Å²) >= 11 is 0. The van der Waals surface area contributed by atoms with Gasteiger partial charge >= 0.3 is 6.18 Å². The number of nitrogens with one attached hydrogen (secondary N) is 1. The molecule has 0 amide bonds. The van der Waals surface area contributed by atoms with Crippen molar-refractivity contribution in [1.82, 2.24) is 4.98 Å². The Bertz CT molecular complexity index is 431. The predicted molar refractivity (Wildman–Crippen MR) is 62.1 cm³/mol. The van der Waals surface area contributed by atoms with Crippen LogP contribution in [0.15, 0.2) is 18.3 Å². The molecule has 0 saturated heterocycles. The van der Waals surface area contributed by atoms with Crippen molar-refractivity contribution in [3.05, 3.63) is 23.9 Å². The highest BCUT2D eigenvalue weighted by Gasteiger charge is 2.53. The van der Waals surface area contributed by atoms with E-state index in [0.29, 0.717) is 11.2 Å². The molecule has 0 aromatic carbocycles. The van der Waals surface area contributed by atoms with E-state index in [-0.39, 0.29) is 0 Å². The van der Waals surface area contributed by atoms with Crippen molar-refractivity contribution in [3.8, 4) is 0 Å². The molecule has 5 heteroatoms. The first-order chi connectivity index (χ1) is 8.50. The largest absolute Gasteiger partial charge is 0.417 e. The van der Waals surface area contributed by atoms with E-state index in [4.69, 9.17) is 0 Å². The van der Waals surface area contributed by atoms with E-state index in [9.17, 15) is 13.2 Å². The van der Waals surface area contributed by atoms with E-state index in [2.05, 4.69) is 10.3 Å². The van der Waals surface area contributed by atoms with E-state index in [1.807, 2.05) is 0 Å². The van der Waals surface area contributed by atoms with Gasteiger partial charge in [0.15, 0.2) is 0 Å². The molecule has 3 rings (SSSR count). The Morgan fingerprint density at radius 1 is 1.28 bits per heavy atom. The molecule has 0 aliphatic heterocycles. The molecule has 2 aliphatic carbocycles. The second-order valence-electron chi connectivity index (χ2n) is 5.42. The second kappa shape index (κ2) is 3.87. The Balaban J connectivity index is 1.60. The van der Waals surface area contributed by atoms with Crippen molar-refractivity contribution in [3.63, 3.8) is 0 Å². The fourth-order valence-electron chi connectivity index (χ4n) is 2.52. The molecule has 0 atom stereocenters. The summed E-state index contributed by atoms with van der Waals surface area (Å²) in [6.07, 6.45) is 1.68. The van der Waals surface area contributed by atoms with Crippen LogP contribution in [0.25, 0.3) is 0 Å². The van der Waals surface area contributed by atoms with Gasteiger partial charge in [0.25, 0.3) is 0 Å². The minimum absolute atomic E-state index is 0.421. The monoisotopic (exact) mass is 256 g/mol. The molecule has 1 N–H and O–H groups in total. The summed E-state index contributed by atoms with van der Waals surface area (Å²) in [5.74, 6) is 1.37. The zero-order chi connectivity index (χ0) is 12.8. The van der Waals surface area contributed by atoms with Crippen LogP contribution < -0.4 is 5.32 Å². The van der Waals surface area contributed by atoms with Crippen molar-refractivity contribution in [2.45, 2.75) is 31.9 Å². The fourth-order valence-corrected chi connectivity index (χ4v) is 2.52. The van der Waals surface area contributed by atoms with Gasteiger partial charge in [-0.15, -0.1) is 0 Å². The number of hydrogen-bond donors (Lipinski definition) is 1. The molecule has 1 heterocycles. The lowest BCUT2D eigenvalue weighted by atomic mass is 10.0. The van der Waals surface area contributed by atoms with Crippen molar-refractivity contribution >= 4 is 5.82 Å². The molecule has 0 spiro atoms. The first-order valence-electron chi connectivity index (χ1n) is 6.27. The third-order valence-electron chi connectivity index (χ3n) is 4.05. The number of rotatable bonds is 4. The third kappa shape index (κ3) is 2.31. The Kier molecular flexibility index (Phi) is 2.54. The van der Waals surface area contributed by atoms with Gasteiger partial charge in [0.05, 0.1) is 5.56 Å². The zero-order valence-electron chi connectivity index (χ0n) is 9.93. The smallest absolute Gasteiger partial charge is 0.370 e. The van der Waals surface area contributed by atoms with E-state index in [1.165, 1.54) is 31.7 Å². The Labute approximate surface area is 104 Å². The van der Waals surface area contributed by atoms with E-state index in [0.717, 1.165) is 24.7 Å². The standard InChI is InChI=1S/C13H15F3N2/c14-13(15,16)10-3-4-11(17-7-10)18-8-12(5-6-12)9-1-2-9/h3-4,7,9H,1-2,5-6,8H2,(H,17,18). The molecule has 0 unspecified atom stereocenters. The second-order valence-corrected chi connectivity index (χ2v) is 5.42. The molecule has 2 aliphatic rings.